The molecule has 1 aliphatic heterocycles. The first kappa shape index (κ1) is 24.5. The molecule has 0 aliphatic carbocycles. The van der Waals surface area contributed by atoms with Crippen LogP contribution in [0.3, 0.4) is 0 Å². The number of nitrogens with zero attached hydrogens (tertiary/aromatic N) is 2. The maximum atomic E-state index is 13.3. The normalized spacial score (nSPS) is 16.6. The number of carbonyl (C=O) groups is 2. The minimum absolute atomic E-state index is 0.0351. The molecule has 1 N–H and O–H groups in total. The van der Waals surface area contributed by atoms with Gasteiger partial charge in [0.05, 0.1) is 25.8 Å². The molecular formula is C28H26N2O6. The van der Waals surface area contributed by atoms with Gasteiger partial charge < -0.3 is 24.2 Å². The molecule has 3 aromatic rings. The smallest absolute Gasteiger partial charge is 0.295 e. The number of amides is 1. The second-order valence-electron chi connectivity index (χ2n) is 8.02. The monoisotopic (exact) mass is 486 g/mol. The van der Waals surface area contributed by atoms with Gasteiger partial charge in [-0.25, -0.2) is 0 Å². The van der Waals surface area contributed by atoms with Crippen LogP contribution in [0.25, 0.3) is 5.76 Å². The van der Waals surface area contributed by atoms with Crippen molar-refractivity contribution in [3.63, 3.8) is 0 Å². The van der Waals surface area contributed by atoms with E-state index in [0.717, 1.165) is 5.56 Å². The summed E-state index contributed by atoms with van der Waals surface area (Å²) in [4.78, 5) is 32.1. The number of methoxy groups -OCH3 is 2. The van der Waals surface area contributed by atoms with Crippen molar-refractivity contribution in [3.05, 3.63) is 102 Å². The first-order chi connectivity index (χ1) is 17.5. The fraction of sp³-hybridized carbons (Fsp3) is 0.179. The van der Waals surface area contributed by atoms with Crippen molar-refractivity contribution >= 4 is 17.4 Å². The number of aromatic nitrogens is 1. The zero-order chi connectivity index (χ0) is 25.7. The van der Waals surface area contributed by atoms with Crippen LogP contribution in [0.1, 0.15) is 22.7 Å². The molecule has 36 heavy (non-hydrogen) atoms. The number of ketones is 1. The van der Waals surface area contributed by atoms with Gasteiger partial charge in [-0.15, -0.1) is 0 Å². The molecule has 0 saturated carbocycles. The van der Waals surface area contributed by atoms with Gasteiger partial charge in [0.25, 0.3) is 11.7 Å². The predicted molar refractivity (Wildman–Crippen MR) is 134 cm³/mol. The number of likely N-dealkylation sites (tertiary alicyclic amines) is 1. The Hall–Kier alpha value is -4.59. The van der Waals surface area contributed by atoms with Crippen LogP contribution in [-0.4, -0.2) is 47.5 Å². The molecular weight excluding hydrogens is 460 g/mol. The summed E-state index contributed by atoms with van der Waals surface area (Å²) in [6.45, 7) is 4.07. The van der Waals surface area contributed by atoms with E-state index in [1.165, 1.54) is 19.1 Å². The molecule has 8 heteroatoms. The lowest BCUT2D eigenvalue weighted by molar-refractivity contribution is -0.140. The summed E-state index contributed by atoms with van der Waals surface area (Å²) < 4.78 is 16.4. The first-order valence-electron chi connectivity index (χ1n) is 11.2. The highest BCUT2D eigenvalue weighted by molar-refractivity contribution is 6.46. The molecule has 1 fully saturated rings. The number of rotatable bonds is 9. The van der Waals surface area contributed by atoms with E-state index >= 15 is 0 Å². The van der Waals surface area contributed by atoms with Gasteiger partial charge in [0.1, 0.15) is 29.6 Å². The quantitative estimate of drug-likeness (QED) is 0.209. The van der Waals surface area contributed by atoms with Crippen LogP contribution in [0.15, 0.2) is 85.2 Å². The average Bonchev–Trinajstić information content (AvgIpc) is 3.16. The van der Waals surface area contributed by atoms with E-state index < -0.39 is 17.7 Å². The van der Waals surface area contributed by atoms with Crippen molar-refractivity contribution < 1.29 is 28.9 Å². The third-order valence-electron chi connectivity index (χ3n) is 5.85. The summed E-state index contributed by atoms with van der Waals surface area (Å²) in [7, 11) is 3.03. The maximum absolute atomic E-state index is 13.3. The van der Waals surface area contributed by atoms with E-state index in [-0.39, 0.29) is 17.9 Å². The molecule has 2 heterocycles. The molecule has 4 rings (SSSR count). The third-order valence-corrected chi connectivity index (χ3v) is 5.85. The Bertz CT molecular complexity index is 1300. The van der Waals surface area contributed by atoms with Gasteiger partial charge >= 0.3 is 0 Å². The number of hydrogen-bond acceptors (Lipinski definition) is 7. The van der Waals surface area contributed by atoms with E-state index in [1.807, 2.05) is 6.07 Å². The van der Waals surface area contributed by atoms with Gasteiger partial charge in [-0.3, -0.25) is 14.6 Å². The molecule has 0 radical (unpaired) electrons. The molecule has 1 amide bonds. The zero-order valence-electron chi connectivity index (χ0n) is 20.0. The Morgan fingerprint density at radius 2 is 1.83 bits per heavy atom. The van der Waals surface area contributed by atoms with Crippen LogP contribution >= 0.6 is 0 Å². The molecule has 1 aliphatic rings. The Kier molecular flexibility index (Phi) is 7.34. The van der Waals surface area contributed by atoms with Crippen molar-refractivity contribution in [1.82, 2.24) is 9.88 Å². The van der Waals surface area contributed by atoms with Crippen LogP contribution in [0, 0.1) is 0 Å². The number of ether oxygens (including phenoxy) is 3. The summed E-state index contributed by atoms with van der Waals surface area (Å²) in [5, 5.41) is 11.3. The lowest BCUT2D eigenvalue weighted by Gasteiger charge is -2.26. The van der Waals surface area contributed by atoms with Crippen molar-refractivity contribution in [2.45, 2.75) is 12.6 Å². The largest absolute Gasteiger partial charge is 0.507 e. The van der Waals surface area contributed by atoms with Crippen molar-refractivity contribution in [2.75, 3.05) is 20.8 Å². The van der Waals surface area contributed by atoms with Crippen LogP contribution in [-0.2, 0) is 16.1 Å². The van der Waals surface area contributed by atoms with Crippen LogP contribution in [0.5, 0.6) is 17.2 Å². The fourth-order valence-corrected chi connectivity index (χ4v) is 4.12. The first-order valence-corrected chi connectivity index (χ1v) is 11.2. The van der Waals surface area contributed by atoms with E-state index in [1.54, 1.807) is 67.0 Å². The molecule has 1 aromatic heterocycles. The number of hydrogen-bond donors (Lipinski definition) is 1. The Morgan fingerprint density at radius 1 is 1.08 bits per heavy atom. The van der Waals surface area contributed by atoms with Crippen LogP contribution in [0.4, 0.5) is 0 Å². The molecule has 184 valence electrons. The van der Waals surface area contributed by atoms with E-state index in [0.29, 0.717) is 35.0 Å². The van der Waals surface area contributed by atoms with Gasteiger partial charge in [-0.2, -0.15) is 0 Å². The Morgan fingerprint density at radius 3 is 2.47 bits per heavy atom. The van der Waals surface area contributed by atoms with Crippen molar-refractivity contribution in [3.8, 4) is 17.2 Å². The fourth-order valence-electron chi connectivity index (χ4n) is 4.12. The summed E-state index contributed by atoms with van der Waals surface area (Å²) >= 11 is 0. The number of Topliss-reactive ketones (excluding diaryl/α,β-unsaturated/α-hetero) is 1. The minimum Gasteiger partial charge on any atom is -0.507 e. The maximum Gasteiger partial charge on any atom is 0.295 e. The summed E-state index contributed by atoms with van der Waals surface area (Å²) in [5.41, 5.74) is 1.61. The molecule has 1 saturated heterocycles. The number of aliphatic hydroxyl groups excluding tert-OH is 1. The molecule has 0 unspecified atom stereocenters. The van der Waals surface area contributed by atoms with Gasteiger partial charge in [0, 0.05) is 36.1 Å². The Balaban J connectivity index is 1.85. The van der Waals surface area contributed by atoms with Gasteiger partial charge in [-0.1, -0.05) is 18.7 Å². The molecule has 1 atom stereocenters. The molecule has 8 nitrogen and oxygen atoms in total. The number of benzene rings is 2. The zero-order valence-corrected chi connectivity index (χ0v) is 20.0. The van der Waals surface area contributed by atoms with Crippen LogP contribution < -0.4 is 14.2 Å². The molecule has 2 aromatic carbocycles. The standard InChI is InChI=1S/C28H26N2O6/c1-4-14-36-20-9-7-19(8-10-20)26(31)24-25(22-12-11-21(34-2)15-23(22)35-3)30(28(33)27(24)32)17-18-6-5-13-29-16-18/h4-13,15-16,25,31H,1,14,17H2,2-3H3/b26-24+/t25-/m1/s1. The second-order valence-corrected chi connectivity index (χ2v) is 8.02. The molecule has 0 bridgehead atoms. The topological polar surface area (TPSA) is 98.2 Å². The van der Waals surface area contributed by atoms with Gasteiger partial charge in [-0.05, 0) is 48.0 Å². The number of carbonyl (C=O) groups excluding carboxylic acids is 2. The highest BCUT2D eigenvalue weighted by Crippen LogP contribution is 2.44. The SMILES string of the molecule is C=CCOc1ccc(/C(O)=C2\C(=O)C(=O)N(Cc3cccnc3)[C@@H]2c2ccc(OC)cc2OC)cc1. The predicted octanol–water partition coefficient (Wildman–Crippen LogP) is 4.29. The minimum atomic E-state index is -0.900. The van der Waals surface area contributed by atoms with Crippen LogP contribution in [0.2, 0.25) is 0 Å². The lowest BCUT2D eigenvalue weighted by Crippen LogP contribution is -2.29. The van der Waals surface area contributed by atoms with E-state index in [9.17, 15) is 14.7 Å². The summed E-state index contributed by atoms with van der Waals surface area (Å²) in [5.74, 6) is -0.260. The van der Waals surface area contributed by atoms with E-state index in [4.69, 9.17) is 14.2 Å². The summed E-state index contributed by atoms with van der Waals surface area (Å²) in [6, 6.07) is 14.4. The highest BCUT2D eigenvalue weighted by Gasteiger charge is 2.47. The second kappa shape index (κ2) is 10.8. The summed E-state index contributed by atoms with van der Waals surface area (Å²) in [6.07, 6.45) is 4.88. The van der Waals surface area contributed by atoms with Crippen molar-refractivity contribution in [1.29, 1.82) is 0 Å². The number of aliphatic hydroxyl groups is 1. The third kappa shape index (κ3) is 4.79. The Labute approximate surface area is 209 Å². The lowest BCUT2D eigenvalue weighted by atomic mass is 9.94. The van der Waals surface area contributed by atoms with E-state index in [2.05, 4.69) is 11.6 Å². The molecule has 0 spiro atoms. The van der Waals surface area contributed by atoms with Gasteiger partial charge in [0.15, 0.2) is 0 Å². The number of pyridine rings is 1. The van der Waals surface area contributed by atoms with Gasteiger partial charge in [0.2, 0.25) is 0 Å². The highest BCUT2D eigenvalue weighted by atomic mass is 16.5. The van der Waals surface area contributed by atoms with Crippen molar-refractivity contribution in [2.24, 2.45) is 0 Å². The average molecular weight is 487 g/mol.